The predicted octanol–water partition coefficient (Wildman–Crippen LogP) is 4.24. The number of hydrogen-bond donors (Lipinski definition) is 0. The number of rotatable bonds is 7. The van der Waals surface area contributed by atoms with Crippen LogP contribution >= 0.6 is 0 Å². The van der Waals surface area contributed by atoms with Crippen LogP contribution in [0.15, 0.2) is 83.5 Å². The molecule has 0 radical (unpaired) electrons. The van der Waals surface area contributed by atoms with E-state index in [0.717, 1.165) is 16.9 Å². The molecule has 0 saturated carbocycles. The van der Waals surface area contributed by atoms with Crippen LogP contribution < -0.4 is 4.74 Å². The minimum atomic E-state index is -1.46. The van der Waals surface area contributed by atoms with Crippen molar-refractivity contribution in [3.8, 4) is 5.75 Å². The van der Waals surface area contributed by atoms with E-state index >= 15 is 0 Å². The molecule has 1 fully saturated rings. The number of methoxy groups -OCH3 is 2. The number of carbonyl (C=O) groups is 2. The van der Waals surface area contributed by atoms with Crippen LogP contribution in [-0.4, -0.2) is 31.0 Å². The molecule has 0 spiro atoms. The van der Waals surface area contributed by atoms with Crippen molar-refractivity contribution in [3.63, 3.8) is 0 Å². The number of carbonyl (C=O) groups excluding carboxylic acids is 2. The van der Waals surface area contributed by atoms with Gasteiger partial charge in [0.1, 0.15) is 11.5 Å². The SMILES string of the molecule is COC(=O)[C@]1(/C=C/c2ccco2)C(=O)N(Cc2ccc(OC)cc2)[C@@H]1c1ccccc1. The first kappa shape index (κ1) is 20.5. The Kier molecular flexibility index (Phi) is 5.62. The van der Waals surface area contributed by atoms with Crippen LogP contribution in [0.25, 0.3) is 6.08 Å². The predicted molar refractivity (Wildman–Crippen MR) is 115 cm³/mol. The van der Waals surface area contributed by atoms with Crippen molar-refractivity contribution in [3.05, 3.63) is 96.0 Å². The molecule has 1 aliphatic rings. The first-order valence-corrected chi connectivity index (χ1v) is 9.90. The van der Waals surface area contributed by atoms with E-state index in [1.54, 1.807) is 36.3 Å². The highest BCUT2D eigenvalue weighted by Crippen LogP contribution is 2.53. The lowest BCUT2D eigenvalue weighted by molar-refractivity contribution is -0.184. The van der Waals surface area contributed by atoms with Gasteiger partial charge in [-0.25, -0.2) is 0 Å². The highest BCUT2D eigenvalue weighted by Gasteiger charge is 2.65. The number of likely N-dealkylation sites (tertiary alicyclic amines) is 1. The summed E-state index contributed by atoms with van der Waals surface area (Å²) in [5, 5.41) is 0. The highest BCUT2D eigenvalue weighted by atomic mass is 16.5. The van der Waals surface area contributed by atoms with Gasteiger partial charge in [0.15, 0.2) is 5.41 Å². The van der Waals surface area contributed by atoms with Gasteiger partial charge in [0.2, 0.25) is 5.91 Å². The second-order valence-corrected chi connectivity index (χ2v) is 7.30. The number of ether oxygens (including phenoxy) is 2. The molecule has 2 heterocycles. The largest absolute Gasteiger partial charge is 0.497 e. The molecule has 6 heteroatoms. The lowest BCUT2D eigenvalue weighted by Gasteiger charge is -2.53. The molecule has 158 valence electrons. The monoisotopic (exact) mass is 417 g/mol. The number of nitrogens with zero attached hydrogens (tertiary/aromatic N) is 1. The van der Waals surface area contributed by atoms with Crippen LogP contribution in [-0.2, 0) is 20.9 Å². The van der Waals surface area contributed by atoms with Gasteiger partial charge in [-0.05, 0) is 41.5 Å². The molecule has 1 amide bonds. The molecular weight excluding hydrogens is 394 g/mol. The lowest BCUT2D eigenvalue weighted by atomic mass is 9.67. The smallest absolute Gasteiger partial charge is 0.327 e. The molecular formula is C25H23NO5. The van der Waals surface area contributed by atoms with Gasteiger partial charge in [-0.2, -0.15) is 0 Å². The van der Waals surface area contributed by atoms with Crippen molar-refractivity contribution >= 4 is 18.0 Å². The van der Waals surface area contributed by atoms with E-state index in [0.29, 0.717) is 12.3 Å². The summed E-state index contributed by atoms with van der Waals surface area (Å²) >= 11 is 0. The zero-order valence-corrected chi connectivity index (χ0v) is 17.4. The molecule has 6 nitrogen and oxygen atoms in total. The summed E-state index contributed by atoms with van der Waals surface area (Å²) in [4.78, 5) is 28.2. The maximum absolute atomic E-state index is 13.5. The molecule has 0 N–H and O–H groups in total. The van der Waals surface area contributed by atoms with Gasteiger partial charge in [0.05, 0.1) is 26.5 Å². The van der Waals surface area contributed by atoms with Crippen LogP contribution in [0.4, 0.5) is 0 Å². The maximum atomic E-state index is 13.5. The molecule has 0 unspecified atom stereocenters. The van der Waals surface area contributed by atoms with E-state index in [2.05, 4.69) is 0 Å². The Hall–Kier alpha value is -3.80. The summed E-state index contributed by atoms with van der Waals surface area (Å²) in [6, 6.07) is 20.0. The fraction of sp³-hybridized carbons (Fsp3) is 0.200. The van der Waals surface area contributed by atoms with Crippen LogP contribution in [0.2, 0.25) is 0 Å². The lowest BCUT2D eigenvalue weighted by Crippen LogP contribution is -2.65. The van der Waals surface area contributed by atoms with Crippen molar-refractivity contribution in [2.75, 3.05) is 14.2 Å². The second kappa shape index (κ2) is 8.52. The van der Waals surface area contributed by atoms with Crippen LogP contribution in [0.1, 0.15) is 22.9 Å². The summed E-state index contributed by atoms with van der Waals surface area (Å²) in [5.74, 6) is 0.382. The van der Waals surface area contributed by atoms with Gasteiger partial charge < -0.3 is 18.8 Å². The Morgan fingerprint density at radius 2 is 1.81 bits per heavy atom. The molecule has 0 aliphatic carbocycles. The fourth-order valence-electron chi connectivity index (χ4n) is 4.02. The minimum Gasteiger partial charge on any atom is -0.497 e. The maximum Gasteiger partial charge on any atom is 0.327 e. The molecule has 1 saturated heterocycles. The van der Waals surface area contributed by atoms with E-state index < -0.39 is 17.4 Å². The number of furan rings is 1. The highest BCUT2D eigenvalue weighted by molar-refractivity contribution is 6.11. The van der Waals surface area contributed by atoms with E-state index in [-0.39, 0.29) is 5.91 Å². The van der Waals surface area contributed by atoms with Gasteiger partial charge in [0, 0.05) is 6.54 Å². The third kappa shape index (κ3) is 3.61. The third-order valence-corrected chi connectivity index (χ3v) is 5.56. The molecule has 3 aromatic rings. The van der Waals surface area contributed by atoms with Crippen molar-refractivity contribution in [1.29, 1.82) is 0 Å². The van der Waals surface area contributed by atoms with E-state index in [4.69, 9.17) is 13.9 Å². The van der Waals surface area contributed by atoms with Gasteiger partial charge in [-0.3, -0.25) is 9.59 Å². The Morgan fingerprint density at radius 3 is 2.42 bits per heavy atom. The molecule has 2 aromatic carbocycles. The average Bonchev–Trinajstić information content (AvgIpc) is 3.34. The summed E-state index contributed by atoms with van der Waals surface area (Å²) in [7, 11) is 2.90. The quantitative estimate of drug-likeness (QED) is 0.327. The first-order valence-electron chi connectivity index (χ1n) is 9.90. The van der Waals surface area contributed by atoms with Crippen molar-refractivity contribution in [2.24, 2.45) is 5.41 Å². The standard InChI is InChI=1S/C25H23NO5/c1-29-20-12-10-18(11-13-20)17-26-22(19-7-4-3-5-8-19)25(23(26)27,24(28)30-2)15-14-21-9-6-16-31-21/h3-16,22H,17H2,1-2H3/b15-14+/t22-,25+/m1/s1. The number of esters is 1. The minimum absolute atomic E-state index is 0.313. The van der Waals surface area contributed by atoms with Crippen LogP contribution in [0, 0.1) is 5.41 Å². The van der Waals surface area contributed by atoms with E-state index in [1.165, 1.54) is 13.4 Å². The molecule has 31 heavy (non-hydrogen) atoms. The molecule has 1 aliphatic heterocycles. The Balaban J connectivity index is 1.74. The normalized spacial score (nSPS) is 20.5. The number of β-lactam (4-membered cyclic amide) rings is 1. The van der Waals surface area contributed by atoms with Crippen molar-refractivity contribution < 1.29 is 23.5 Å². The molecule has 4 rings (SSSR count). The topological polar surface area (TPSA) is 69.0 Å². The number of amides is 1. The third-order valence-electron chi connectivity index (χ3n) is 5.56. The summed E-state index contributed by atoms with van der Waals surface area (Å²) in [6.45, 7) is 0.357. The van der Waals surface area contributed by atoms with Crippen molar-refractivity contribution in [2.45, 2.75) is 12.6 Å². The molecule has 0 bridgehead atoms. The number of benzene rings is 2. The molecule has 2 atom stereocenters. The zero-order chi connectivity index (χ0) is 21.8. The first-order chi connectivity index (χ1) is 15.1. The Morgan fingerprint density at radius 1 is 1.06 bits per heavy atom. The second-order valence-electron chi connectivity index (χ2n) is 7.30. The van der Waals surface area contributed by atoms with Crippen molar-refractivity contribution in [1.82, 2.24) is 4.90 Å². The average molecular weight is 417 g/mol. The van der Waals surface area contributed by atoms with Gasteiger partial charge >= 0.3 is 5.97 Å². The summed E-state index contributed by atoms with van der Waals surface area (Å²) in [5.41, 5.74) is 0.323. The zero-order valence-electron chi connectivity index (χ0n) is 17.4. The number of hydrogen-bond acceptors (Lipinski definition) is 5. The van der Waals surface area contributed by atoms with E-state index in [1.807, 2.05) is 54.6 Å². The van der Waals surface area contributed by atoms with Gasteiger partial charge in [-0.1, -0.05) is 48.5 Å². The summed E-state index contributed by atoms with van der Waals surface area (Å²) in [6.07, 6.45) is 4.79. The van der Waals surface area contributed by atoms with Gasteiger partial charge in [0.25, 0.3) is 0 Å². The Labute approximate surface area is 180 Å². The van der Waals surface area contributed by atoms with Gasteiger partial charge in [-0.15, -0.1) is 0 Å². The fourth-order valence-corrected chi connectivity index (χ4v) is 4.02. The van der Waals surface area contributed by atoms with E-state index in [9.17, 15) is 9.59 Å². The molecule has 1 aromatic heterocycles. The van der Waals surface area contributed by atoms with Crippen LogP contribution in [0.5, 0.6) is 5.75 Å². The van der Waals surface area contributed by atoms with Crippen LogP contribution in [0.3, 0.4) is 0 Å². The summed E-state index contributed by atoms with van der Waals surface area (Å²) < 4.78 is 15.7. The Bertz CT molecular complexity index is 1070.